The van der Waals surface area contributed by atoms with Gasteiger partial charge in [-0.15, -0.1) is 0 Å². The van der Waals surface area contributed by atoms with Crippen molar-refractivity contribution in [3.63, 3.8) is 0 Å². The van der Waals surface area contributed by atoms with Gasteiger partial charge in [0.1, 0.15) is 7.11 Å². The van der Waals surface area contributed by atoms with Gasteiger partial charge in [-0.25, -0.2) is 4.79 Å². The molecule has 1 heterocycles. The Morgan fingerprint density at radius 2 is 1.90 bits per heavy atom. The Bertz CT molecular complexity index is 508. The summed E-state index contributed by atoms with van der Waals surface area (Å²) in [5.41, 5.74) is 2.06. The van der Waals surface area contributed by atoms with E-state index in [-0.39, 0.29) is 5.71 Å². The molecule has 0 saturated carbocycles. The van der Waals surface area contributed by atoms with Crippen molar-refractivity contribution in [2.24, 2.45) is 5.16 Å². The van der Waals surface area contributed by atoms with Gasteiger partial charge in [-0.1, -0.05) is 35.8 Å². The van der Waals surface area contributed by atoms with Gasteiger partial charge in [0, 0.05) is 12.1 Å². The van der Waals surface area contributed by atoms with Gasteiger partial charge in [-0.05, 0) is 31.5 Å². The predicted octanol–water partition coefficient (Wildman–Crippen LogP) is 2.20. The van der Waals surface area contributed by atoms with Crippen LogP contribution in [0.1, 0.15) is 30.4 Å². The molecule has 0 unspecified atom stereocenters. The molecule has 21 heavy (non-hydrogen) atoms. The first-order valence-corrected chi connectivity index (χ1v) is 7.26. The Labute approximate surface area is 125 Å². The molecular weight excluding hydrogens is 268 g/mol. The van der Waals surface area contributed by atoms with E-state index >= 15 is 0 Å². The largest absolute Gasteiger partial charge is 0.464 e. The number of rotatable bonds is 5. The van der Waals surface area contributed by atoms with Crippen LogP contribution in [0.2, 0.25) is 0 Å². The number of ether oxygens (including phenoxy) is 1. The molecule has 0 bridgehead atoms. The van der Waals surface area contributed by atoms with Gasteiger partial charge in [0.05, 0.1) is 7.11 Å². The monoisotopic (exact) mass is 290 g/mol. The molecule has 0 amide bonds. The summed E-state index contributed by atoms with van der Waals surface area (Å²) in [5, 5.41) is 3.84. The van der Waals surface area contributed by atoms with Crippen molar-refractivity contribution in [1.82, 2.24) is 4.90 Å². The lowest BCUT2D eigenvalue weighted by Crippen LogP contribution is -2.30. The standard InChI is InChI=1S/C16H22N2O3/c1-20-16(19)15(17-21-2)14-9-5-4-8-13(14)12-18-10-6-3-7-11-18/h4-5,8-9H,3,6-7,10-12H2,1-2H3/b17-15+. The van der Waals surface area contributed by atoms with Crippen molar-refractivity contribution < 1.29 is 14.4 Å². The highest BCUT2D eigenvalue weighted by molar-refractivity contribution is 6.43. The zero-order valence-corrected chi connectivity index (χ0v) is 12.7. The van der Waals surface area contributed by atoms with Crippen molar-refractivity contribution in [3.05, 3.63) is 35.4 Å². The SMILES string of the molecule is CO/N=C(/C(=O)OC)c1ccccc1CN1CCCCC1. The first kappa shape index (κ1) is 15.5. The minimum atomic E-state index is -0.483. The molecule has 2 rings (SSSR count). The lowest BCUT2D eigenvalue weighted by Gasteiger charge is -2.27. The summed E-state index contributed by atoms with van der Waals surface area (Å²) in [6.07, 6.45) is 3.77. The zero-order chi connectivity index (χ0) is 15.1. The Morgan fingerprint density at radius 1 is 1.19 bits per heavy atom. The first-order chi connectivity index (χ1) is 10.3. The fourth-order valence-corrected chi connectivity index (χ4v) is 2.63. The number of hydrogen-bond acceptors (Lipinski definition) is 5. The summed E-state index contributed by atoms with van der Waals surface area (Å²) in [6, 6.07) is 7.78. The van der Waals surface area contributed by atoms with Crippen LogP contribution < -0.4 is 0 Å². The van der Waals surface area contributed by atoms with E-state index in [1.165, 1.54) is 33.5 Å². The summed E-state index contributed by atoms with van der Waals surface area (Å²) in [7, 11) is 2.77. The molecule has 0 radical (unpaired) electrons. The van der Waals surface area contributed by atoms with Crippen LogP contribution >= 0.6 is 0 Å². The average Bonchev–Trinajstić information content (AvgIpc) is 2.54. The van der Waals surface area contributed by atoms with E-state index in [4.69, 9.17) is 9.57 Å². The van der Waals surface area contributed by atoms with Crippen LogP contribution in [-0.4, -0.2) is 43.9 Å². The highest BCUT2D eigenvalue weighted by Crippen LogP contribution is 2.17. The second-order valence-electron chi connectivity index (χ2n) is 5.11. The number of nitrogens with zero attached hydrogens (tertiary/aromatic N) is 2. The fourth-order valence-electron chi connectivity index (χ4n) is 2.63. The van der Waals surface area contributed by atoms with Crippen molar-refractivity contribution in [2.75, 3.05) is 27.3 Å². The Morgan fingerprint density at radius 3 is 2.57 bits per heavy atom. The van der Waals surface area contributed by atoms with Crippen LogP contribution in [0, 0.1) is 0 Å². The molecule has 0 N–H and O–H groups in total. The minimum Gasteiger partial charge on any atom is -0.464 e. The Hall–Kier alpha value is -1.88. The van der Waals surface area contributed by atoms with Crippen LogP contribution in [0.3, 0.4) is 0 Å². The molecule has 0 aromatic heterocycles. The maximum absolute atomic E-state index is 11.9. The number of methoxy groups -OCH3 is 1. The minimum absolute atomic E-state index is 0.215. The molecule has 1 saturated heterocycles. The molecule has 114 valence electrons. The van der Waals surface area contributed by atoms with E-state index in [2.05, 4.69) is 10.1 Å². The second-order valence-corrected chi connectivity index (χ2v) is 5.11. The third kappa shape index (κ3) is 4.04. The molecule has 1 fully saturated rings. The summed E-state index contributed by atoms with van der Waals surface area (Å²) in [6.45, 7) is 3.02. The van der Waals surface area contributed by atoms with Crippen LogP contribution in [0.15, 0.2) is 29.4 Å². The molecule has 1 aromatic rings. The fraction of sp³-hybridized carbons (Fsp3) is 0.500. The number of benzene rings is 1. The highest BCUT2D eigenvalue weighted by Gasteiger charge is 2.20. The van der Waals surface area contributed by atoms with Crippen LogP contribution in [0.5, 0.6) is 0 Å². The molecular formula is C16H22N2O3. The number of likely N-dealkylation sites (tertiary alicyclic amines) is 1. The molecule has 5 heteroatoms. The molecule has 1 aromatic carbocycles. The van der Waals surface area contributed by atoms with E-state index in [9.17, 15) is 4.79 Å². The zero-order valence-electron chi connectivity index (χ0n) is 12.7. The Kier molecular flexibility index (Phi) is 5.75. The van der Waals surface area contributed by atoms with Gasteiger partial charge in [0.25, 0.3) is 0 Å². The number of hydrogen-bond donors (Lipinski definition) is 0. The summed E-state index contributed by atoms with van der Waals surface area (Å²) in [5.74, 6) is -0.483. The number of carbonyl (C=O) groups excluding carboxylic acids is 1. The van der Waals surface area contributed by atoms with Gasteiger partial charge >= 0.3 is 5.97 Å². The van der Waals surface area contributed by atoms with Crippen LogP contribution in [0.25, 0.3) is 0 Å². The summed E-state index contributed by atoms with van der Waals surface area (Å²) >= 11 is 0. The third-order valence-electron chi connectivity index (χ3n) is 3.68. The van der Waals surface area contributed by atoms with Crippen molar-refractivity contribution in [2.45, 2.75) is 25.8 Å². The van der Waals surface area contributed by atoms with E-state index < -0.39 is 5.97 Å². The summed E-state index contributed by atoms with van der Waals surface area (Å²) < 4.78 is 4.80. The second kappa shape index (κ2) is 7.78. The predicted molar refractivity (Wildman–Crippen MR) is 81.1 cm³/mol. The quantitative estimate of drug-likeness (QED) is 0.474. The van der Waals surface area contributed by atoms with Gasteiger partial charge in [0.2, 0.25) is 0 Å². The molecule has 1 aliphatic rings. The lowest BCUT2D eigenvalue weighted by atomic mass is 10.0. The van der Waals surface area contributed by atoms with E-state index in [1.54, 1.807) is 0 Å². The third-order valence-corrected chi connectivity index (χ3v) is 3.68. The van der Waals surface area contributed by atoms with Crippen LogP contribution in [0.4, 0.5) is 0 Å². The normalized spacial score (nSPS) is 16.6. The van der Waals surface area contributed by atoms with Crippen molar-refractivity contribution in [3.8, 4) is 0 Å². The number of carbonyl (C=O) groups is 1. The lowest BCUT2D eigenvalue weighted by molar-refractivity contribution is -0.132. The van der Waals surface area contributed by atoms with E-state index in [1.807, 2.05) is 24.3 Å². The van der Waals surface area contributed by atoms with E-state index in [0.717, 1.165) is 30.8 Å². The maximum atomic E-state index is 11.9. The van der Waals surface area contributed by atoms with Gasteiger partial charge < -0.3 is 9.57 Å². The summed E-state index contributed by atoms with van der Waals surface area (Å²) in [4.78, 5) is 19.1. The molecule has 0 spiro atoms. The average molecular weight is 290 g/mol. The highest BCUT2D eigenvalue weighted by atomic mass is 16.6. The number of esters is 1. The van der Waals surface area contributed by atoms with Gasteiger partial charge in [-0.2, -0.15) is 0 Å². The molecule has 0 aliphatic carbocycles. The van der Waals surface area contributed by atoms with Crippen LogP contribution in [-0.2, 0) is 20.9 Å². The molecule has 5 nitrogen and oxygen atoms in total. The molecule has 1 aliphatic heterocycles. The Balaban J connectivity index is 2.26. The topological polar surface area (TPSA) is 51.1 Å². The maximum Gasteiger partial charge on any atom is 0.360 e. The smallest absolute Gasteiger partial charge is 0.360 e. The van der Waals surface area contributed by atoms with E-state index in [0.29, 0.717) is 0 Å². The van der Waals surface area contributed by atoms with Crippen molar-refractivity contribution >= 4 is 11.7 Å². The van der Waals surface area contributed by atoms with Crippen molar-refractivity contribution in [1.29, 1.82) is 0 Å². The number of oxime groups is 1. The van der Waals surface area contributed by atoms with Gasteiger partial charge in [0.15, 0.2) is 5.71 Å². The van der Waals surface area contributed by atoms with Gasteiger partial charge in [-0.3, -0.25) is 4.90 Å². The molecule has 0 atom stereocenters. The number of piperidine rings is 1. The first-order valence-electron chi connectivity index (χ1n) is 7.26.